The summed E-state index contributed by atoms with van der Waals surface area (Å²) in [7, 11) is 1.76. The van der Waals surface area contributed by atoms with Crippen LogP contribution in [-0.4, -0.2) is 36.9 Å². The summed E-state index contributed by atoms with van der Waals surface area (Å²) in [6, 6.07) is 16.2. The maximum absolute atomic E-state index is 12.4. The molecule has 0 saturated heterocycles. The largest absolute Gasteiger partial charge is 0.352 e. The lowest BCUT2D eigenvalue weighted by atomic mass is 10.1. The smallest absolute Gasteiger partial charge is 0.253 e. The van der Waals surface area contributed by atoms with Gasteiger partial charge < -0.3 is 15.5 Å². The summed E-state index contributed by atoms with van der Waals surface area (Å²) in [5, 5.41) is 6.62. The Hall–Kier alpha value is -2.09. The van der Waals surface area contributed by atoms with Crippen molar-refractivity contribution in [3.05, 3.63) is 70.8 Å². The SMILES string of the molecule is CCN(CC)C(=O)c1ccc(CNC(=NC)NCc2ccc(C)cc2)cc1.I. The van der Waals surface area contributed by atoms with Crippen molar-refractivity contribution in [2.24, 2.45) is 4.99 Å². The van der Waals surface area contributed by atoms with Gasteiger partial charge in [-0.2, -0.15) is 0 Å². The average molecular weight is 494 g/mol. The highest BCUT2D eigenvalue weighted by Crippen LogP contribution is 2.08. The lowest BCUT2D eigenvalue weighted by Gasteiger charge is -2.18. The third-order valence-corrected chi connectivity index (χ3v) is 4.52. The van der Waals surface area contributed by atoms with Gasteiger partial charge in [-0.05, 0) is 44.0 Å². The van der Waals surface area contributed by atoms with Crippen LogP contribution in [0.5, 0.6) is 0 Å². The molecule has 2 aromatic carbocycles. The van der Waals surface area contributed by atoms with Crippen molar-refractivity contribution in [1.29, 1.82) is 0 Å². The van der Waals surface area contributed by atoms with Crippen LogP contribution < -0.4 is 10.6 Å². The van der Waals surface area contributed by atoms with E-state index in [2.05, 4.69) is 46.8 Å². The van der Waals surface area contributed by atoms with Crippen molar-refractivity contribution in [2.75, 3.05) is 20.1 Å². The predicted octanol–water partition coefficient (Wildman–Crippen LogP) is 3.96. The van der Waals surface area contributed by atoms with Gasteiger partial charge in [0.1, 0.15) is 0 Å². The zero-order valence-corrected chi connectivity index (χ0v) is 19.5. The van der Waals surface area contributed by atoms with Crippen molar-refractivity contribution < 1.29 is 4.79 Å². The number of nitrogens with zero attached hydrogens (tertiary/aromatic N) is 2. The molecule has 1 amide bonds. The van der Waals surface area contributed by atoms with E-state index < -0.39 is 0 Å². The van der Waals surface area contributed by atoms with E-state index >= 15 is 0 Å². The summed E-state index contributed by atoms with van der Waals surface area (Å²) in [5.41, 5.74) is 4.29. The van der Waals surface area contributed by atoms with Crippen LogP contribution in [0.2, 0.25) is 0 Å². The quantitative estimate of drug-likeness (QED) is 0.348. The third kappa shape index (κ3) is 7.14. The number of carbonyl (C=O) groups is 1. The number of guanidine groups is 1. The average Bonchev–Trinajstić information content (AvgIpc) is 2.70. The number of aliphatic imine (C=N–C) groups is 1. The van der Waals surface area contributed by atoms with Gasteiger partial charge in [0.15, 0.2) is 5.96 Å². The maximum Gasteiger partial charge on any atom is 0.253 e. The number of hydrogen-bond acceptors (Lipinski definition) is 2. The zero-order chi connectivity index (χ0) is 19.6. The second kappa shape index (κ2) is 12.4. The van der Waals surface area contributed by atoms with Crippen LogP contribution in [0.1, 0.15) is 40.9 Å². The molecule has 0 spiro atoms. The summed E-state index contributed by atoms with van der Waals surface area (Å²) >= 11 is 0. The van der Waals surface area contributed by atoms with E-state index in [9.17, 15) is 4.79 Å². The number of aryl methyl sites for hydroxylation is 1. The molecule has 0 saturated carbocycles. The molecule has 0 aromatic heterocycles. The Morgan fingerprint density at radius 1 is 0.893 bits per heavy atom. The Kier molecular flexibility index (Phi) is 10.6. The van der Waals surface area contributed by atoms with E-state index in [0.29, 0.717) is 6.54 Å². The fourth-order valence-corrected chi connectivity index (χ4v) is 2.76. The Morgan fingerprint density at radius 3 is 1.79 bits per heavy atom. The van der Waals surface area contributed by atoms with E-state index in [1.807, 2.05) is 43.0 Å². The summed E-state index contributed by atoms with van der Waals surface area (Å²) in [5.74, 6) is 0.828. The van der Waals surface area contributed by atoms with Gasteiger partial charge in [-0.25, -0.2) is 0 Å². The molecule has 5 nitrogen and oxygen atoms in total. The van der Waals surface area contributed by atoms with Crippen molar-refractivity contribution >= 4 is 35.8 Å². The minimum absolute atomic E-state index is 0. The van der Waals surface area contributed by atoms with Gasteiger partial charge in [0.2, 0.25) is 0 Å². The Labute approximate surface area is 185 Å². The summed E-state index contributed by atoms with van der Waals surface area (Å²) in [6.45, 7) is 8.89. The van der Waals surface area contributed by atoms with Gasteiger partial charge in [0, 0.05) is 38.8 Å². The normalized spacial score (nSPS) is 10.8. The predicted molar refractivity (Wildman–Crippen MR) is 127 cm³/mol. The number of benzene rings is 2. The van der Waals surface area contributed by atoms with Gasteiger partial charge >= 0.3 is 0 Å². The fourth-order valence-electron chi connectivity index (χ4n) is 2.76. The van der Waals surface area contributed by atoms with Crippen LogP contribution in [0.4, 0.5) is 0 Å². The van der Waals surface area contributed by atoms with E-state index in [1.165, 1.54) is 11.1 Å². The van der Waals surface area contributed by atoms with Crippen LogP contribution in [0, 0.1) is 6.92 Å². The first-order chi connectivity index (χ1) is 13.1. The maximum atomic E-state index is 12.4. The monoisotopic (exact) mass is 494 g/mol. The molecule has 0 unspecified atom stereocenters. The molecule has 2 rings (SSSR count). The van der Waals surface area contributed by atoms with E-state index in [-0.39, 0.29) is 29.9 Å². The number of rotatable bonds is 7. The van der Waals surface area contributed by atoms with Crippen LogP contribution in [-0.2, 0) is 13.1 Å². The van der Waals surface area contributed by atoms with E-state index in [0.717, 1.165) is 36.7 Å². The molecule has 152 valence electrons. The molecule has 2 aromatic rings. The Morgan fingerprint density at radius 2 is 1.36 bits per heavy atom. The second-order valence-electron chi connectivity index (χ2n) is 6.44. The van der Waals surface area contributed by atoms with Crippen LogP contribution >= 0.6 is 24.0 Å². The standard InChI is InChI=1S/C22H30N4O.HI/c1-5-26(6-2)21(27)20-13-11-19(12-14-20)16-25-22(23-4)24-15-18-9-7-17(3)8-10-18;/h7-14H,5-6,15-16H2,1-4H3,(H2,23,24,25);1H. The lowest BCUT2D eigenvalue weighted by Crippen LogP contribution is -2.36. The molecule has 0 atom stereocenters. The molecule has 0 aliphatic heterocycles. The molecule has 0 aliphatic carbocycles. The van der Waals surface area contributed by atoms with Gasteiger partial charge in [-0.15, -0.1) is 24.0 Å². The second-order valence-corrected chi connectivity index (χ2v) is 6.44. The Balaban J connectivity index is 0.00000392. The topological polar surface area (TPSA) is 56.7 Å². The zero-order valence-electron chi connectivity index (χ0n) is 17.2. The highest BCUT2D eigenvalue weighted by Gasteiger charge is 2.11. The first kappa shape index (κ1) is 23.9. The van der Waals surface area contributed by atoms with Crippen molar-refractivity contribution in [3.8, 4) is 0 Å². The number of nitrogens with one attached hydrogen (secondary N) is 2. The molecule has 0 heterocycles. The third-order valence-electron chi connectivity index (χ3n) is 4.52. The molecule has 0 aliphatic rings. The Bertz CT molecular complexity index is 753. The minimum Gasteiger partial charge on any atom is -0.352 e. The number of halogens is 1. The van der Waals surface area contributed by atoms with Gasteiger partial charge in [0.05, 0.1) is 0 Å². The van der Waals surface area contributed by atoms with E-state index in [4.69, 9.17) is 0 Å². The molecule has 2 N–H and O–H groups in total. The molecular weight excluding hydrogens is 463 g/mol. The first-order valence-corrected chi connectivity index (χ1v) is 9.45. The number of carbonyl (C=O) groups excluding carboxylic acids is 1. The highest BCUT2D eigenvalue weighted by atomic mass is 127. The molecule has 6 heteroatoms. The molecule has 0 bridgehead atoms. The minimum atomic E-state index is 0. The number of amides is 1. The van der Waals surface area contributed by atoms with Crippen LogP contribution in [0.3, 0.4) is 0 Å². The van der Waals surface area contributed by atoms with Crippen molar-refractivity contribution in [3.63, 3.8) is 0 Å². The highest BCUT2D eigenvalue weighted by molar-refractivity contribution is 14.0. The van der Waals surface area contributed by atoms with E-state index in [1.54, 1.807) is 7.05 Å². The first-order valence-electron chi connectivity index (χ1n) is 9.45. The van der Waals surface area contributed by atoms with Crippen LogP contribution in [0.15, 0.2) is 53.5 Å². The van der Waals surface area contributed by atoms with Crippen molar-refractivity contribution in [2.45, 2.75) is 33.9 Å². The molecular formula is C22H31IN4O. The number of hydrogen-bond donors (Lipinski definition) is 2. The van der Waals surface area contributed by atoms with Crippen LogP contribution in [0.25, 0.3) is 0 Å². The van der Waals surface area contributed by atoms with Gasteiger partial charge in [0.25, 0.3) is 5.91 Å². The fraction of sp³-hybridized carbons (Fsp3) is 0.364. The van der Waals surface area contributed by atoms with Gasteiger partial charge in [-0.1, -0.05) is 42.0 Å². The lowest BCUT2D eigenvalue weighted by molar-refractivity contribution is 0.0773. The molecule has 0 radical (unpaired) electrons. The molecule has 0 fully saturated rings. The summed E-state index contributed by atoms with van der Waals surface area (Å²) in [6.07, 6.45) is 0. The summed E-state index contributed by atoms with van der Waals surface area (Å²) < 4.78 is 0. The molecule has 28 heavy (non-hydrogen) atoms. The van der Waals surface area contributed by atoms with Crippen molar-refractivity contribution in [1.82, 2.24) is 15.5 Å². The summed E-state index contributed by atoms with van der Waals surface area (Å²) in [4.78, 5) is 18.4. The van der Waals surface area contributed by atoms with Gasteiger partial charge in [-0.3, -0.25) is 9.79 Å².